The summed E-state index contributed by atoms with van der Waals surface area (Å²) in [4.78, 5) is 8.41. The summed E-state index contributed by atoms with van der Waals surface area (Å²) >= 11 is 0. The minimum absolute atomic E-state index is 0.845. The molecule has 1 N–H and O–H groups in total. The van der Waals surface area contributed by atoms with Crippen LogP contribution in [-0.4, -0.2) is 14.5 Å². The Morgan fingerprint density at radius 1 is 1.47 bits per heavy atom. The molecule has 15 heavy (non-hydrogen) atoms. The van der Waals surface area contributed by atoms with Gasteiger partial charge in [-0.3, -0.25) is 0 Å². The van der Waals surface area contributed by atoms with Crippen molar-refractivity contribution < 1.29 is 0 Å². The molecule has 2 aromatic heterocycles. The first kappa shape index (κ1) is 9.71. The van der Waals surface area contributed by atoms with Crippen molar-refractivity contribution in [1.29, 1.82) is 0 Å². The number of aryl methyl sites for hydroxylation is 1. The molecular weight excluding hydrogens is 188 g/mol. The van der Waals surface area contributed by atoms with Crippen LogP contribution in [-0.2, 0) is 7.05 Å². The molecule has 0 aliphatic heterocycles. The third-order valence-electron chi connectivity index (χ3n) is 2.23. The van der Waals surface area contributed by atoms with Crippen molar-refractivity contribution in [3.8, 4) is 0 Å². The van der Waals surface area contributed by atoms with Crippen molar-refractivity contribution >= 4 is 16.9 Å². The van der Waals surface area contributed by atoms with E-state index in [4.69, 9.17) is 0 Å². The fraction of sp³-hybridized carbons (Fsp3) is 0.273. The van der Waals surface area contributed by atoms with Gasteiger partial charge in [0.25, 0.3) is 0 Å². The largest absolute Gasteiger partial charge is 0.346 e. The van der Waals surface area contributed by atoms with Crippen LogP contribution in [0.3, 0.4) is 0 Å². The van der Waals surface area contributed by atoms with Gasteiger partial charge in [0.1, 0.15) is 11.8 Å². The number of nitrogens with zero attached hydrogens (tertiary/aromatic N) is 3. The summed E-state index contributed by atoms with van der Waals surface area (Å²) in [6, 6.07) is 1.98. The lowest BCUT2D eigenvalue weighted by Crippen LogP contribution is -1.96. The van der Waals surface area contributed by atoms with E-state index >= 15 is 0 Å². The van der Waals surface area contributed by atoms with Gasteiger partial charge in [-0.2, -0.15) is 0 Å². The summed E-state index contributed by atoms with van der Waals surface area (Å²) in [5.74, 6) is 0.845. The molecule has 0 saturated carbocycles. The summed E-state index contributed by atoms with van der Waals surface area (Å²) < 4.78 is 2.01. The van der Waals surface area contributed by atoms with Gasteiger partial charge in [0.2, 0.25) is 0 Å². The lowest BCUT2D eigenvalue weighted by Gasteiger charge is -2.03. The van der Waals surface area contributed by atoms with Crippen LogP contribution in [0.25, 0.3) is 11.0 Å². The Kier molecular flexibility index (Phi) is 2.67. The van der Waals surface area contributed by atoms with Gasteiger partial charge in [0.05, 0.1) is 5.52 Å². The molecule has 0 aromatic carbocycles. The molecule has 2 aromatic rings. The molecule has 0 aliphatic rings. The van der Waals surface area contributed by atoms with E-state index in [0.717, 1.165) is 23.3 Å². The van der Waals surface area contributed by atoms with Gasteiger partial charge in [-0.1, -0.05) is 13.0 Å². The number of nitrogens with one attached hydrogen (secondary N) is 1. The summed E-state index contributed by atoms with van der Waals surface area (Å²) in [5.41, 5.74) is 1.98. The number of hydrogen-bond acceptors (Lipinski definition) is 3. The van der Waals surface area contributed by atoms with E-state index in [1.165, 1.54) is 0 Å². The maximum absolute atomic E-state index is 4.22. The average molecular weight is 202 g/mol. The van der Waals surface area contributed by atoms with E-state index in [1.54, 1.807) is 6.33 Å². The van der Waals surface area contributed by atoms with Crippen molar-refractivity contribution in [3.05, 3.63) is 30.9 Å². The van der Waals surface area contributed by atoms with Gasteiger partial charge in [0.15, 0.2) is 5.82 Å². The number of aromatic nitrogens is 3. The van der Waals surface area contributed by atoms with E-state index in [1.807, 2.05) is 30.1 Å². The highest BCUT2D eigenvalue weighted by atomic mass is 15.1. The van der Waals surface area contributed by atoms with Gasteiger partial charge in [-0.05, 0) is 18.7 Å². The second kappa shape index (κ2) is 4.13. The van der Waals surface area contributed by atoms with Crippen LogP contribution in [0.2, 0.25) is 0 Å². The first-order valence-corrected chi connectivity index (χ1v) is 5.00. The van der Waals surface area contributed by atoms with Gasteiger partial charge in [0, 0.05) is 13.2 Å². The Balaban J connectivity index is 2.41. The predicted octanol–water partition coefficient (Wildman–Crippen LogP) is 2.30. The molecule has 0 amide bonds. The molecule has 0 spiro atoms. The third-order valence-corrected chi connectivity index (χ3v) is 2.23. The molecule has 0 radical (unpaired) electrons. The van der Waals surface area contributed by atoms with E-state index in [0.29, 0.717) is 0 Å². The highest BCUT2D eigenvalue weighted by Gasteiger charge is 2.04. The molecule has 0 unspecified atom stereocenters. The van der Waals surface area contributed by atoms with Crippen molar-refractivity contribution in [2.24, 2.45) is 7.05 Å². The fourth-order valence-electron chi connectivity index (χ4n) is 1.48. The number of allylic oxidation sites excluding steroid dienone is 1. The molecule has 2 rings (SSSR count). The van der Waals surface area contributed by atoms with Crippen LogP contribution < -0.4 is 5.32 Å². The lowest BCUT2D eigenvalue weighted by molar-refractivity contribution is 0.964. The lowest BCUT2D eigenvalue weighted by atomic mass is 10.4. The van der Waals surface area contributed by atoms with Crippen molar-refractivity contribution in [2.75, 3.05) is 5.32 Å². The second-order valence-corrected chi connectivity index (χ2v) is 3.34. The number of hydrogen-bond donors (Lipinski definition) is 1. The van der Waals surface area contributed by atoms with Crippen molar-refractivity contribution in [2.45, 2.75) is 13.3 Å². The standard InChI is InChI=1S/C11H14N4/c1-3-4-6-12-11-10-9(13-8-14-11)5-7-15(10)2/h4-8H,3H2,1-2H3,(H,12,13,14)/b6-4+. The predicted molar refractivity (Wildman–Crippen MR) is 61.6 cm³/mol. The van der Waals surface area contributed by atoms with Gasteiger partial charge in [-0.25, -0.2) is 9.97 Å². The number of anilines is 1. The molecule has 2 heterocycles. The van der Waals surface area contributed by atoms with E-state index in [2.05, 4.69) is 28.3 Å². The SMILES string of the molecule is CC/C=C/Nc1ncnc2ccn(C)c12. The minimum atomic E-state index is 0.845. The summed E-state index contributed by atoms with van der Waals surface area (Å²) in [7, 11) is 1.99. The van der Waals surface area contributed by atoms with Crippen LogP contribution in [0.15, 0.2) is 30.9 Å². The summed E-state index contributed by atoms with van der Waals surface area (Å²) in [6.07, 6.45) is 8.53. The zero-order valence-corrected chi connectivity index (χ0v) is 8.94. The fourth-order valence-corrected chi connectivity index (χ4v) is 1.48. The molecule has 0 aliphatic carbocycles. The molecule has 4 heteroatoms. The quantitative estimate of drug-likeness (QED) is 0.830. The Hall–Kier alpha value is -1.84. The summed E-state index contributed by atoms with van der Waals surface area (Å²) in [6.45, 7) is 2.09. The third kappa shape index (κ3) is 1.83. The summed E-state index contributed by atoms with van der Waals surface area (Å²) in [5, 5.41) is 3.16. The smallest absolute Gasteiger partial charge is 0.157 e. The highest BCUT2D eigenvalue weighted by molar-refractivity contribution is 5.86. The van der Waals surface area contributed by atoms with Crippen molar-refractivity contribution in [1.82, 2.24) is 14.5 Å². The number of fused-ring (bicyclic) bond motifs is 1. The maximum atomic E-state index is 4.22. The second-order valence-electron chi connectivity index (χ2n) is 3.34. The molecule has 78 valence electrons. The first-order valence-electron chi connectivity index (χ1n) is 5.00. The normalized spacial score (nSPS) is 11.3. The van der Waals surface area contributed by atoms with Gasteiger partial charge in [-0.15, -0.1) is 0 Å². The Labute approximate surface area is 88.7 Å². The van der Waals surface area contributed by atoms with Crippen LogP contribution in [0.1, 0.15) is 13.3 Å². The van der Waals surface area contributed by atoms with E-state index < -0.39 is 0 Å². The molecule has 0 saturated heterocycles. The highest BCUT2D eigenvalue weighted by Crippen LogP contribution is 2.18. The minimum Gasteiger partial charge on any atom is -0.346 e. The monoisotopic (exact) mass is 202 g/mol. The Morgan fingerprint density at radius 2 is 2.33 bits per heavy atom. The van der Waals surface area contributed by atoms with E-state index in [-0.39, 0.29) is 0 Å². The molecule has 0 atom stereocenters. The zero-order valence-electron chi connectivity index (χ0n) is 8.94. The van der Waals surface area contributed by atoms with Crippen molar-refractivity contribution in [3.63, 3.8) is 0 Å². The topological polar surface area (TPSA) is 42.7 Å². The Morgan fingerprint density at radius 3 is 3.13 bits per heavy atom. The first-order chi connectivity index (χ1) is 7.33. The maximum Gasteiger partial charge on any atom is 0.157 e. The molecule has 4 nitrogen and oxygen atoms in total. The Bertz CT molecular complexity index is 484. The average Bonchev–Trinajstić information content (AvgIpc) is 2.62. The molecule has 0 bridgehead atoms. The molecule has 0 fully saturated rings. The number of rotatable bonds is 3. The van der Waals surface area contributed by atoms with Crippen LogP contribution in [0.5, 0.6) is 0 Å². The molecular formula is C11H14N4. The van der Waals surface area contributed by atoms with Crippen LogP contribution in [0.4, 0.5) is 5.82 Å². The van der Waals surface area contributed by atoms with Gasteiger partial charge >= 0.3 is 0 Å². The zero-order chi connectivity index (χ0) is 10.7. The van der Waals surface area contributed by atoms with Crippen LogP contribution >= 0.6 is 0 Å². The van der Waals surface area contributed by atoms with E-state index in [9.17, 15) is 0 Å². The van der Waals surface area contributed by atoms with Gasteiger partial charge < -0.3 is 9.88 Å². The van der Waals surface area contributed by atoms with Crippen LogP contribution in [0, 0.1) is 0 Å².